The average molecular weight is 337 g/mol. The number of amides is 1. The maximum atomic E-state index is 11.6. The standard InChI is InChI=1S/C10H13BrN2O4S/c1-18(16,17)13-5-4-12-10(15)7-2-3-8(11)9(14)6-7/h2-3,6,13-14H,4-5H2,1H3,(H,12,15). The van der Waals surface area contributed by atoms with Crippen LogP contribution in [0.15, 0.2) is 22.7 Å². The van der Waals surface area contributed by atoms with Gasteiger partial charge in [0.15, 0.2) is 0 Å². The number of phenolic OH excluding ortho intramolecular Hbond substituents is 1. The second-order valence-electron chi connectivity index (χ2n) is 3.59. The molecule has 100 valence electrons. The van der Waals surface area contributed by atoms with E-state index in [2.05, 4.69) is 26.0 Å². The van der Waals surface area contributed by atoms with E-state index >= 15 is 0 Å². The first-order valence-corrected chi connectivity index (χ1v) is 7.69. The van der Waals surface area contributed by atoms with Crippen LogP contribution in [0.4, 0.5) is 0 Å². The largest absolute Gasteiger partial charge is 0.507 e. The van der Waals surface area contributed by atoms with Crippen molar-refractivity contribution in [3.63, 3.8) is 0 Å². The van der Waals surface area contributed by atoms with E-state index in [9.17, 15) is 18.3 Å². The molecule has 0 radical (unpaired) electrons. The average Bonchev–Trinajstić information content (AvgIpc) is 2.26. The van der Waals surface area contributed by atoms with Gasteiger partial charge in [0.2, 0.25) is 10.0 Å². The van der Waals surface area contributed by atoms with Crippen LogP contribution in [0.5, 0.6) is 5.75 Å². The summed E-state index contributed by atoms with van der Waals surface area (Å²) < 4.78 is 24.3. The van der Waals surface area contributed by atoms with Gasteiger partial charge in [-0.3, -0.25) is 4.79 Å². The summed E-state index contributed by atoms with van der Waals surface area (Å²) in [4.78, 5) is 11.6. The fourth-order valence-corrected chi connectivity index (χ4v) is 1.89. The summed E-state index contributed by atoms with van der Waals surface area (Å²) in [5.41, 5.74) is 0.301. The van der Waals surface area contributed by atoms with Crippen molar-refractivity contribution in [3.8, 4) is 5.75 Å². The number of hydrogen-bond donors (Lipinski definition) is 3. The molecule has 1 aromatic rings. The number of aromatic hydroxyl groups is 1. The molecule has 3 N–H and O–H groups in total. The van der Waals surface area contributed by atoms with Crippen molar-refractivity contribution in [2.24, 2.45) is 0 Å². The summed E-state index contributed by atoms with van der Waals surface area (Å²) in [6.07, 6.45) is 1.04. The molecular formula is C10H13BrN2O4S. The smallest absolute Gasteiger partial charge is 0.251 e. The van der Waals surface area contributed by atoms with Gasteiger partial charge in [0.25, 0.3) is 5.91 Å². The first-order valence-electron chi connectivity index (χ1n) is 5.01. The highest BCUT2D eigenvalue weighted by Crippen LogP contribution is 2.24. The lowest BCUT2D eigenvalue weighted by molar-refractivity contribution is 0.0954. The number of phenols is 1. The number of rotatable bonds is 5. The summed E-state index contributed by atoms with van der Waals surface area (Å²) in [6.45, 7) is 0.288. The minimum atomic E-state index is -3.25. The van der Waals surface area contributed by atoms with Gasteiger partial charge in [0, 0.05) is 18.7 Å². The summed E-state index contributed by atoms with van der Waals surface area (Å²) in [7, 11) is -3.25. The first kappa shape index (κ1) is 14.9. The van der Waals surface area contributed by atoms with E-state index in [1.54, 1.807) is 12.1 Å². The van der Waals surface area contributed by atoms with Gasteiger partial charge in [-0.15, -0.1) is 0 Å². The zero-order valence-electron chi connectivity index (χ0n) is 9.60. The molecule has 0 fully saturated rings. The van der Waals surface area contributed by atoms with Gasteiger partial charge in [-0.1, -0.05) is 0 Å². The zero-order valence-corrected chi connectivity index (χ0v) is 12.0. The van der Waals surface area contributed by atoms with Crippen molar-refractivity contribution < 1.29 is 18.3 Å². The Kier molecular flexibility index (Phi) is 5.12. The van der Waals surface area contributed by atoms with Gasteiger partial charge in [-0.25, -0.2) is 13.1 Å². The Morgan fingerprint density at radius 1 is 1.39 bits per heavy atom. The fourth-order valence-electron chi connectivity index (χ4n) is 1.17. The molecule has 6 nitrogen and oxygen atoms in total. The quantitative estimate of drug-likeness (QED) is 0.679. The Balaban J connectivity index is 2.48. The van der Waals surface area contributed by atoms with E-state index in [0.717, 1.165) is 6.26 Å². The maximum absolute atomic E-state index is 11.6. The molecular weight excluding hydrogens is 324 g/mol. The lowest BCUT2D eigenvalue weighted by atomic mass is 10.2. The normalized spacial score (nSPS) is 11.2. The maximum Gasteiger partial charge on any atom is 0.251 e. The predicted octanol–water partition coefficient (Wildman–Crippen LogP) is 0.434. The number of carbonyl (C=O) groups excluding carboxylic acids is 1. The molecule has 0 aliphatic carbocycles. The van der Waals surface area contributed by atoms with Crippen molar-refractivity contribution in [2.45, 2.75) is 0 Å². The highest BCUT2D eigenvalue weighted by molar-refractivity contribution is 9.10. The van der Waals surface area contributed by atoms with Crippen LogP contribution in [0.25, 0.3) is 0 Å². The van der Waals surface area contributed by atoms with Gasteiger partial charge < -0.3 is 10.4 Å². The van der Waals surface area contributed by atoms with Crippen molar-refractivity contribution in [3.05, 3.63) is 28.2 Å². The molecule has 0 bridgehead atoms. The number of sulfonamides is 1. The van der Waals surface area contributed by atoms with E-state index in [0.29, 0.717) is 10.0 Å². The summed E-state index contributed by atoms with van der Waals surface area (Å²) in [5, 5.41) is 11.9. The molecule has 1 amide bonds. The summed E-state index contributed by atoms with van der Waals surface area (Å²) >= 11 is 3.11. The molecule has 0 aliphatic heterocycles. The topological polar surface area (TPSA) is 95.5 Å². The minimum Gasteiger partial charge on any atom is -0.507 e. The van der Waals surface area contributed by atoms with Crippen LogP contribution in [-0.4, -0.2) is 38.8 Å². The van der Waals surface area contributed by atoms with E-state index in [1.807, 2.05) is 0 Å². The third kappa shape index (κ3) is 5.03. The lowest BCUT2D eigenvalue weighted by Gasteiger charge is -2.06. The SMILES string of the molecule is CS(=O)(=O)NCCNC(=O)c1ccc(Br)c(O)c1. The van der Waals surface area contributed by atoms with Crippen molar-refractivity contribution in [1.82, 2.24) is 10.0 Å². The van der Waals surface area contributed by atoms with Crippen LogP contribution in [0.2, 0.25) is 0 Å². The Bertz CT molecular complexity index is 545. The van der Waals surface area contributed by atoms with E-state index < -0.39 is 10.0 Å². The molecule has 0 saturated carbocycles. The van der Waals surface area contributed by atoms with Crippen molar-refractivity contribution in [2.75, 3.05) is 19.3 Å². The monoisotopic (exact) mass is 336 g/mol. The molecule has 1 rings (SSSR count). The van der Waals surface area contributed by atoms with Gasteiger partial charge in [-0.05, 0) is 34.1 Å². The van der Waals surface area contributed by atoms with Crippen LogP contribution in [0, 0.1) is 0 Å². The van der Waals surface area contributed by atoms with Crippen LogP contribution in [-0.2, 0) is 10.0 Å². The number of benzene rings is 1. The van der Waals surface area contributed by atoms with E-state index in [1.165, 1.54) is 6.07 Å². The lowest BCUT2D eigenvalue weighted by Crippen LogP contribution is -2.34. The molecule has 8 heteroatoms. The molecule has 18 heavy (non-hydrogen) atoms. The third-order valence-electron chi connectivity index (χ3n) is 1.98. The number of carbonyl (C=O) groups is 1. The summed E-state index contributed by atoms with van der Waals surface area (Å²) in [6, 6.07) is 4.42. The highest BCUT2D eigenvalue weighted by Gasteiger charge is 2.08. The Morgan fingerprint density at radius 2 is 2.06 bits per heavy atom. The number of hydrogen-bond acceptors (Lipinski definition) is 4. The van der Waals surface area contributed by atoms with Crippen molar-refractivity contribution >= 4 is 31.9 Å². The van der Waals surface area contributed by atoms with Gasteiger partial charge >= 0.3 is 0 Å². The summed E-state index contributed by atoms with van der Waals surface area (Å²) in [5.74, 6) is -0.412. The molecule has 0 unspecified atom stereocenters. The Morgan fingerprint density at radius 3 is 2.61 bits per heavy atom. The second-order valence-corrected chi connectivity index (χ2v) is 6.28. The highest BCUT2D eigenvalue weighted by atomic mass is 79.9. The minimum absolute atomic E-state index is 0.0306. The van der Waals surface area contributed by atoms with E-state index in [-0.39, 0.29) is 24.7 Å². The van der Waals surface area contributed by atoms with Gasteiger partial charge in [0.1, 0.15) is 5.75 Å². The number of nitrogens with one attached hydrogen (secondary N) is 2. The Labute approximate surface area is 114 Å². The first-order chi connectivity index (χ1) is 8.29. The predicted molar refractivity (Wildman–Crippen MR) is 71.0 cm³/mol. The molecule has 0 spiro atoms. The molecule has 0 saturated heterocycles. The van der Waals surface area contributed by atoms with Crippen molar-refractivity contribution in [1.29, 1.82) is 0 Å². The molecule has 0 heterocycles. The van der Waals surface area contributed by atoms with Crippen LogP contribution < -0.4 is 10.0 Å². The van der Waals surface area contributed by atoms with Crippen LogP contribution in [0.1, 0.15) is 10.4 Å². The molecule has 0 aliphatic rings. The number of halogens is 1. The fraction of sp³-hybridized carbons (Fsp3) is 0.300. The second kappa shape index (κ2) is 6.17. The van der Waals surface area contributed by atoms with Crippen LogP contribution >= 0.6 is 15.9 Å². The van der Waals surface area contributed by atoms with Gasteiger partial charge in [0.05, 0.1) is 10.7 Å². The Hall–Kier alpha value is -1.12. The van der Waals surface area contributed by atoms with Crippen LogP contribution in [0.3, 0.4) is 0 Å². The molecule has 0 atom stereocenters. The van der Waals surface area contributed by atoms with E-state index in [4.69, 9.17) is 0 Å². The van der Waals surface area contributed by atoms with Gasteiger partial charge in [-0.2, -0.15) is 0 Å². The zero-order chi connectivity index (χ0) is 13.8. The third-order valence-corrected chi connectivity index (χ3v) is 3.38. The molecule has 0 aromatic heterocycles. The molecule has 1 aromatic carbocycles.